The summed E-state index contributed by atoms with van der Waals surface area (Å²) in [4.78, 5) is 0. The smallest absolute Gasteiger partial charge is 0.200 e. The van der Waals surface area contributed by atoms with E-state index in [2.05, 4.69) is 83.1 Å². The highest BCUT2D eigenvalue weighted by Gasteiger charge is 2.68. The molecule has 0 unspecified atom stereocenters. The quantitative estimate of drug-likeness (QED) is 0.0320. The van der Waals surface area contributed by atoms with Crippen LogP contribution in [-0.2, 0) is 0 Å². The van der Waals surface area contributed by atoms with Gasteiger partial charge in [-0.25, -0.2) is 87.8 Å². The van der Waals surface area contributed by atoms with Gasteiger partial charge in [0.25, 0.3) is 0 Å². The van der Waals surface area contributed by atoms with Crippen LogP contribution >= 0.6 is 39.0 Å². The monoisotopic (exact) mass is 1490 g/mol. The van der Waals surface area contributed by atoms with Crippen molar-refractivity contribution in [1.29, 1.82) is 0 Å². The molecule has 6 aromatic carbocycles. The predicted octanol–water partition coefficient (Wildman–Crippen LogP) is 20.4. The van der Waals surface area contributed by atoms with Gasteiger partial charge in [-0.05, 0) is 165 Å². The number of hydrogen-bond donors (Lipinski definition) is 0. The number of fused-ring (bicyclic) bond motifs is 4. The number of rotatable bonds is 10. The molecule has 544 valence electrons. The largest absolute Gasteiger partial charge is 0.207 e. The van der Waals surface area contributed by atoms with Gasteiger partial charge in [0, 0.05) is 15.8 Å². The van der Waals surface area contributed by atoms with Gasteiger partial charge in [0.2, 0.25) is 0 Å². The first-order chi connectivity index (χ1) is 45.2. The van der Waals surface area contributed by atoms with Crippen molar-refractivity contribution >= 4 is 84.9 Å². The molecule has 4 bridgehead atoms. The molecule has 0 saturated heterocycles. The van der Waals surface area contributed by atoms with E-state index in [0.29, 0.717) is 36.8 Å². The van der Waals surface area contributed by atoms with Crippen molar-refractivity contribution in [2.24, 2.45) is 33.5 Å². The zero-order chi connectivity index (χ0) is 75.1. The van der Waals surface area contributed by atoms with Gasteiger partial charge < -0.3 is 0 Å². The lowest BCUT2D eigenvalue weighted by Crippen LogP contribution is -2.56. The Morgan fingerprint density at radius 3 is 0.667 bits per heavy atom. The van der Waals surface area contributed by atoms with E-state index in [9.17, 15) is 52.7 Å². The summed E-state index contributed by atoms with van der Waals surface area (Å²) in [5.74, 6) is -53.0. The summed E-state index contributed by atoms with van der Waals surface area (Å²) in [6.45, 7) is 29.6. The lowest BCUT2D eigenvalue weighted by Gasteiger charge is -2.46. The first-order valence-electron chi connectivity index (χ1n) is 32.8. The summed E-state index contributed by atoms with van der Waals surface area (Å²) < 4.78 is 302. The Balaban J connectivity index is 0.000000243. The fraction of sp³-hybridized carbons (Fsp3) is 0.507. The molecular weight excluding hydrogens is 1410 g/mol. The molecule has 0 nitrogen and oxygen atoms in total. The molecule has 99 heavy (non-hydrogen) atoms. The number of hydrogen-bond acceptors (Lipinski definition) is 0. The SMILES string of the molecule is CC(C)(C)[PH+](c1ccc([C@H]2[C@H]([BH-](c3c(F)c(F)c(F)c(F)c3F)c3c(F)c(F)c(F)c(F)c3F)[C@H]3CC[C@]2(C)C3(C)C)cc1)C(C)(C)C.CC(C)(C)[PH+](c1ccc([C@H]2[C@H]([BH-](c3c(F)c(F)c(F)c(F)c3F)c3c(F)c(F)c(F)c(F)c3F)[C@H]3CC[C@]2(C)C3(C)C)cc1)C(C)(C)C.ClCCl. The first-order valence-corrected chi connectivity index (χ1v) is 36.8. The van der Waals surface area contributed by atoms with Crippen molar-refractivity contribution in [2.45, 2.75) is 194 Å². The van der Waals surface area contributed by atoms with E-state index in [-0.39, 0.29) is 26.0 Å². The van der Waals surface area contributed by atoms with Crippen LogP contribution in [0.15, 0.2) is 48.5 Å². The van der Waals surface area contributed by atoms with Crippen molar-refractivity contribution in [2.75, 3.05) is 5.34 Å². The van der Waals surface area contributed by atoms with Crippen molar-refractivity contribution in [3.63, 3.8) is 0 Å². The molecule has 8 atom stereocenters. The predicted molar refractivity (Wildman–Crippen MR) is 364 cm³/mol. The van der Waals surface area contributed by atoms with Crippen LogP contribution in [0.3, 0.4) is 0 Å². The molecule has 0 spiro atoms. The zero-order valence-corrected chi connectivity index (χ0v) is 61.9. The van der Waals surface area contributed by atoms with Gasteiger partial charge in [0.15, 0.2) is 69.8 Å². The van der Waals surface area contributed by atoms with Gasteiger partial charge in [-0.15, -0.1) is 56.7 Å². The molecule has 0 aliphatic heterocycles. The van der Waals surface area contributed by atoms with Gasteiger partial charge >= 0.3 is 0 Å². The molecule has 0 aromatic heterocycles. The van der Waals surface area contributed by atoms with E-state index in [1.807, 2.05) is 90.1 Å². The molecular formula is C73H82B2Cl2F20P2. The summed E-state index contributed by atoms with van der Waals surface area (Å²) in [5, 5.41) is 2.08. The van der Waals surface area contributed by atoms with Crippen LogP contribution in [0.2, 0.25) is 11.6 Å². The number of benzene rings is 6. The summed E-state index contributed by atoms with van der Waals surface area (Å²) in [5.41, 5.74) is -7.93. The molecule has 4 saturated carbocycles. The van der Waals surface area contributed by atoms with E-state index < -0.39 is 224 Å². The summed E-state index contributed by atoms with van der Waals surface area (Å²) in [7, 11) is -2.47. The van der Waals surface area contributed by atoms with Crippen LogP contribution in [0, 0.1) is 150 Å². The van der Waals surface area contributed by atoms with E-state index >= 15 is 35.1 Å². The summed E-state index contributed by atoms with van der Waals surface area (Å²) in [6, 6.07) is 15.1. The number of halogens is 22. The molecule has 0 heterocycles. The molecule has 4 aliphatic rings. The van der Waals surface area contributed by atoms with Gasteiger partial charge in [-0.3, -0.25) is 0 Å². The molecule has 26 heteroatoms. The second kappa shape index (κ2) is 27.5. The minimum absolute atomic E-state index is 0.0693. The lowest BCUT2D eigenvalue weighted by atomic mass is 9.28. The Kier molecular flexibility index (Phi) is 22.3. The van der Waals surface area contributed by atoms with E-state index in [4.69, 9.17) is 23.2 Å². The minimum Gasteiger partial charge on any atom is -0.207 e. The fourth-order valence-corrected chi connectivity index (χ4v) is 29.3. The minimum atomic E-state index is -3.72. The molecule has 4 aliphatic carbocycles. The Morgan fingerprint density at radius 2 is 0.495 bits per heavy atom. The van der Waals surface area contributed by atoms with E-state index in [0.717, 1.165) is 10.6 Å². The van der Waals surface area contributed by atoms with Crippen LogP contribution in [0.4, 0.5) is 87.8 Å². The second-order valence-corrected chi connectivity index (χ2v) is 42.8. The molecule has 0 amide bonds. The lowest BCUT2D eigenvalue weighted by molar-refractivity contribution is 0.134. The van der Waals surface area contributed by atoms with Crippen LogP contribution in [-0.4, -0.2) is 39.4 Å². The van der Waals surface area contributed by atoms with Crippen molar-refractivity contribution in [3.05, 3.63) is 176 Å². The maximum absolute atomic E-state index is 15.8. The highest BCUT2D eigenvalue weighted by molar-refractivity contribution is 7.68. The third-order valence-corrected chi connectivity index (χ3v) is 31.6. The third kappa shape index (κ3) is 13.0. The van der Waals surface area contributed by atoms with Crippen LogP contribution in [0.5, 0.6) is 0 Å². The van der Waals surface area contributed by atoms with Crippen molar-refractivity contribution in [3.8, 4) is 0 Å². The van der Waals surface area contributed by atoms with Gasteiger partial charge in [0.05, 0.1) is 50.0 Å². The van der Waals surface area contributed by atoms with Gasteiger partial charge in [0.1, 0.15) is 46.5 Å². The topological polar surface area (TPSA) is 0 Å². The molecule has 0 N–H and O–H groups in total. The normalized spacial score (nSPS) is 23.4. The van der Waals surface area contributed by atoms with Crippen LogP contribution in [0.1, 0.15) is 173 Å². The van der Waals surface area contributed by atoms with E-state index in [1.165, 1.54) is 0 Å². The summed E-state index contributed by atoms with van der Waals surface area (Å²) in [6.07, 6.45) is 1.79. The zero-order valence-electron chi connectivity index (χ0n) is 58.3. The van der Waals surface area contributed by atoms with Crippen molar-refractivity contribution in [1.82, 2.24) is 0 Å². The Hall–Kier alpha value is -4.51. The number of alkyl halides is 2. The standard InChI is InChI=1S/2C36H39BF10P.CH2Cl2/c2*1-33(2,3)48(34(4,5)6)17-12-10-16(11-13-17)19-20(18-14-15-36(19,9)35(18,7)8)37(21-23(38)27(42)31(46)28(43)24(21)39)22-25(40)29(44)32(47)30(45)26(22)41;2-1-3/h2*10-13,18-20,37H,14-15H2,1-9H3;1H2/q2*-1;/p+2/t2*18-,19+,20-,36+;/m11./s1. The Labute approximate surface area is 579 Å². The third-order valence-electron chi connectivity index (χ3n) is 23.8. The van der Waals surface area contributed by atoms with Crippen molar-refractivity contribution < 1.29 is 87.8 Å². The molecule has 4 fully saturated rings. The van der Waals surface area contributed by atoms with Gasteiger partial charge in [-0.1, -0.05) is 90.5 Å². The fourth-order valence-electron chi connectivity index (χ4n) is 20.3. The summed E-state index contributed by atoms with van der Waals surface area (Å²) >= 11 is 9.53. The first kappa shape index (κ1) is 80.2. The molecule has 0 radical (unpaired) electrons. The Morgan fingerprint density at radius 1 is 0.323 bits per heavy atom. The Bertz CT molecular complexity index is 3560. The highest BCUT2D eigenvalue weighted by atomic mass is 35.5. The average molecular weight is 1490 g/mol. The van der Waals surface area contributed by atoms with Crippen LogP contribution < -0.4 is 32.5 Å². The maximum Gasteiger partial charge on any atom is 0.200 e. The average Bonchev–Trinajstić information content (AvgIpc) is 1.53. The molecule has 10 rings (SSSR count). The van der Waals surface area contributed by atoms with Crippen LogP contribution in [0.25, 0.3) is 0 Å². The highest BCUT2D eigenvalue weighted by Crippen LogP contribution is 2.77. The second-order valence-electron chi connectivity index (χ2n) is 33.3. The van der Waals surface area contributed by atoms with Gasteiger partial charge in [-0.2, -0.15) is 0 Å². The maximum atomic E-state index is 15.8. The van der Waals surface area contributed by atoms with E-state index in [1.54, 1.807) is 0 Å². The molecule has 6 aromatic rings.